The van der Waals surface area contributed by atoms with E-state index in [4.69, 9.17) is 21.1 Å². The number of aliphatic hydroxyl groups is 1. The molecule has 8 nitrogen and oxygen atoms in total. The van der Waals surface area contributed by atoms with E-state index < -0.39 is 5.60 Å². The van der Waals surface area contributed by atoms with Gasteiger partial charge in [0.15, 0.2) is 0 Å². The van der Waals surface area contributed by atoms with Crippen molar-refractivity contribution < 1.29 is 19.4 Å². The number of halogens is 1. The van der Waals surface area contributed by atoms with Crippen LogP contribution in [0.25, 0.3) is 0 Å². The first-order valence-corrected chi connectivity index (χ1v) is 13.7. The summed E-state index contributed by atoms with van der Waals surface area (Å²) < 4.78 is 11.1. The Morgan fingerprint density at radius 2 is 1.95 bits per heavy atom. The van der Waals surface area contributed by atoms with Gasteiger partial charge >= 0.3 is 0 Å². The SMILES string of the molecule is COCc1cnc(N2CCC([C@H]3C[C@H]3CCOc3ccc(CC(=O)N4CC(C)(O)C4)c(Cl)c3)CC2)nc1. The number of benzene rings is 1. The summed E-state index contributed by atoms with van der Waals surface area (Å²) in [6.07, 6.45) is 8.68. The van der Waals surface area contributed by atoms with E-state index in [1.807, 2.05) is 24.5 Å². The van der Waals surface area contributed by atoms with Gasteiger partial charge in [-0.2, -0.15) is 0 Å². The lowest BCUT2D eigenvalue weighted by Gasteiger charge is -2.44. The van der Waals surface area contributed by atoms with Gasteiger partial charge < -0.3 is 24.4 Å². The fourth-order valence-corrected chi connectivity index (χ4v) is 6.01. The van der Waals surface area contributed by atoms with Gasteiger partial charge in [-0.15, -0.1) is 0 Å². The third kappa shape index (κ3) is 6.54. The molecule has 5 rings (SSSR count). The van der Waals surface area contributed by atoms with Gasteiger partial charge in [-0.1, -0.05) is 17.7 Å². The topological polar surface area (TPSA) is 88.0 Å². The maximum absolute atomic E-state index is 12.4. The highest BCUT2D eigenvalue weighted by atomic mass is 35.5. The van der Waals surface area contributed by atoms with Gasteiger partial charge in [0.25, 0.3) is 0 Å². The third-order valence-electron chi connectivity index (χ3n) is 7.95. The Morgan fingerprint density at radius 3 is 2.59 bits per heavy atom. The summed E-state index contributed by atoms with van der Waals surface area (Å²) in [4.78, 5) is 25.4. The molecule has 1 aromatic carbocycles. The lowest BCUT2D eigenvalue weighted by Crippen LogP contribution is -2.62. The van der Waals surface area contributed by atoms with Crippen molar-refractivity contribution in [1.82, 2.24) is 14.9 Å². The molecule has 1 aromatic heterocycles. The van der Waals surface area contributed by atoms with Crippen molar-refractivity contribution in [3.05, 3.63) is 46.7 Å². The van der Waals surface area contributed by atoms with Crippen LogP contribution in [0.5, 0.6) is 5.75 Å². The number of β-amino-alcohol motifs (C(OH)–C–C–N with tert-alkyl or cyclic N) is 1. The van der Waals surface area contributed by atoms with Gasteiger partial charge in [-0.3, -0.25) is 4.79 Å². The standard InChI is InChI=1S/C28H37ClN4O4/c1-28(35)17-33(18-28)26(34)12-22-3-4-23(13-25(22)29)37-10-7-21-11-24(21)20-5-8-32(9-6-20)27-30-14-19(15-31-27)16-36-2/h3-4,13-15,20-21,24,35H,5-12,16-18H2,1-2H3/t21-,24-/m1/s1. The molecule has 0 radical (unpaired) electrons. The van der Waals surface area contributed by atoms with Crippen LogP contribution in [0.4, 0.5) is 5.95 Å². The number of rotatable bonds is 10. The Balaban J connectivity index is 1.01. The molecule has 2 atom stereocenters. The van der Waals surface area contributed by atoms with Crippen molar-refractivity contribution in [2.24, 2.45) is 17.8 Å². The van der Waals surface area contributed by atoms with E-state index in [0.717, 1.165) is 60.1 Å². The summed E-state index contributed by atoms with van der Waals surface area (Å²) in [5.41, 5.74) is 1.02. The van der Waals surface area contributed by atoms with E-state index in [1.165, 1.54) is 19.3 Å². The monoisotopic (exact) mass is 528 g/mol. The molecule has 0 bridgehead atoms. The number of hydrogen-bond acceptors (Lipinski definition) is 7. The average molecular weight is 529 g/mol. The second-order valence-corrected chi connectivity index (χ2v) is 11.5. The van der Waals surface area contributed by atoms with Gasteiger partial charge in [0.2, 0.25) is 11.9 Å². The number of anilines is 1. The minimum Gasteiger partial charge on any atom is -0.494 e. The molecule has 1 saturated carbocycles. The Labute approximate surface area is 223 Å². The normalized spacial score (nSPS) is 23.0. The summed E-state index contributed by atoms with van der Waals surface area (Å²) in [5.74, 6) is 3.87. The van der Waals surface area contributed by atoms with Crippen molar-refractivity contribution in [2.75, 3.05) is 44.8 Å². The van der Waals surface area contributed by atoms with E-state index >= 15 is 0 Å². The number of ether oxygens (including phenoxy) is 2. The number of carbonyl (C=O) groups excluding carboxylic acids is 1. The number of methoxy groups -OCH3 is 1. The highest BCUT2D eigenvalue weighted by molar-refractivity contribution is 6.31. The summed E-state index contributed by atoms with van der Waals surface area (Å²) in [7, 11) is 1.68. The number of hydrogen-bond donors (Lipinski definition) is 1. The Kier molecular flexibility index (Phi) is 7.88. The van der Waals surface area contributed by atoms with E-state index in [-0.39, 0.29) is 12.3 Å². The largest absolute Gasteiger partial charge is 0.494 e. The highest BCUT2D eigenvalue weighted by Gasteiger charge is 2.43. The van der Waals surface area contributed by atoms with Crippen LogP contribution < -0.4 is 9.64 Å². The fourth-order valence-electron chi connectivity index (χ4n) is 5.78. The van der Waals surface area contributed by atoms with Gasteiger partial charge in [-0.05, 0) is 68.1 Å². The lowest BCUT2D eigenvalue weighted by molar-refractivity contribution is -0.151. The van der Waals surface area contributed by atoms with Crippen molar-refractivity contribution in [3.8, 4) is 5.75 Å². The van der Waals surface area contributed by atoms with Crippen molar-refractivity contribution >= 4 is 23.5 Å². The zero-order valence-electron chi connectivity index (χ0n) is 21.7. The van der Waals surface area contributed by atoms with Crippen LogP contribution in [0, 0.1) is 17.8 Å². The first kappa shape index (κ1) is 26.2. The minimum absolute atomic E-state index is 0.0137. The second-order valence-electron chi connectivity index (χ2n) is 11.1. The molecule has 200 valence electrons. The maximum atomic E-state index is 12.4. The van der Waals surface area contributed by atoms with Crippen LogP contribution in [-0.2, 0) is 22.6 Å². The van der Waals surface area contributed by atoms with Crippen LogP contribution in [0.1, 0.15) is 43.7 Å². The van der Waals surface area contributed by atoms with E-state index in [0.29, 0.717) is 31.3 Å². The molecule has 2 saturated heterocycles. The molecule has 0 spiro atoms. The molecule has 1 N–H and O–H groups in total. The first-order chi connectivity index (χ1) is 17.8. The third-order valence-corrected chi connectivity index (χ3v) is 8.30. The Bertz CT molecular complexity index is 1080. The fraction of sp³-hybridized carbons (Fsp3) is 0.607. The lowest BCUT2D eigenvalue weighted by atomic mass is 9.90. The molecule has 3 aliphatic rings. The van der Waals surface area contributed by atoms with E-state index in [2.05, 4.69) is 14.9 Å². The van der Waals surface area contributed by atoms with Crippen LogP contribution in [0.3, 0.4) is 0 Å². The molecule has 37 heavy (non-hydrogen) atoms. The molecular weight excluding hydrogens is 492 g/mol. The molecular formula is C28H37ClN4O4. The number of aromatic nitrogens is 2. The number of piperidine rings is 1. The van der Waals surface area contributed by atoms with Crippen molar-refractivity contribution in [1.29, 1.82) is 0 Å². The van der Waals surface area contributed by atoms with E-state index in [9.17, 15) is 9.90 Å². The Morgan fingerprint density at radius 1 is 1.22 bits per heavy atom. The molecule has 1 amide bonds. The summed E-state index contributed by atoms with van der Waals surface area (Å²) in [6, 6.07) is 5.57. The summed E-state index contributed by atoms with van der Waals surface area (Å²) in [5, 5.41) is 10.4. The maximum Gasteiger partial charge on any atom is 0.227 e. The quantitative estimate of drug-likeness (QED) is 0.502. The van der Waals surface area contributed by atoms with E-state index in [1.54, 1.807) is 25.0 Å². The van der Waals surface area contributed by atoms with Crippen molar-refractivity contribution in [2.45, 2.75) is 51.2 Å². The predicted octanol–water partition coefficient (Wildman–Crippen LogP) is 3.73. The number of amides is 1. The molecule has 2 aromatic rings. The molecule has 0 unspecified atom stereocenters. The molecule has 2 aliphatic heterocycles. The van der Waals surface area contributed by atoms with Gasteiger partial charge in [0.05, 0.1) is 38.3 Å². The molecule has 3 heterocycles. The zero-order valence-corrected chi connectivity index (χ0v) is 22.5. The second kappa shape index (κ2) is 11.1. The van der Waals surface area contributed by atoms with Gasteiger partial charge in [-0.25, -0.2) is 9.97 Å². The zero-order chi connectivity index (χ0) is 26.0. The van der Waals surface area contributed by atoms with Crippen LogP contribution in [0.15, 0.2) is 30.6 Å². The number of likely N-dealkylation sites (tertiary alicyclic amines) is 1. The summed E-state index contributed by atoms with van der Waals surface area (Å²) in [6.45, 7) is 5.74. The highest BCUT2D eigenvalue weighted by Crippen LogP contribution is 2.49. The minimum atomic E-state index is -0.763. The van der Waals surface area contributed by atoms with Gasteiger partial charge in [0.1, 0.15) is 5.75 Å². The average Bonchev–Trinajstić information content (AvgIpc) is 3.64. The first-order valence-electron chi connectivity index (χ1n) is 13.3. The molecule has 9 heteroatoms. The molecule has 3 fully saturated rings. The Hall–Kier alpha value is -2.42. The number of nitrogens with zero attached hydrogens (tertiary/aromatic N) is 4. The smallest absolute Gasteiger partial charge is 0.227 e. The van der Waals surface area contributed by atoms with Crippen LogP contribution >= 0.6 is 11.6 Å². The van der Waals surface area contributed by atoms with Crippen molar-refractivity contribution in [3.63, 3.8) is 0 Å². The molecule has 1 aliphatic carbocycles. The van der Waals surface area contributed by atoms with Crippen LogP contribution in [0.2, 0.25) is 5.02 Å². The summed E-state index contributed by atoms with van der Waals surface area (Å²) >= 11 is 6.43. The number of carbonyl (C=O) groups is 1. The van der Waals surface area contributed by atoms with Crippen LogP contribution in [-0.4, -0.2) is 71.4 Å². The van der Waals surface area contributed by atoms with Gasteiger partial charge in [0, 0.05) is 43.2 Å². The predicted molar refractivity (Wildman–Crippen MR) is 142 cm³/mol.